The smallest absolute Gasteiger partial charge is 0.307 e. The van der Waals surface area contributed by atoms with Crippen LogP contribution in [0.4, 0.5) is 0 Å². The van der Waals surface area contributed by atoms with E-state index < -0.39 is 5.97 Å². The Morgan fingerprint density at radius 2 is 2.33 bits per heavy atom. The van der Waals surface area contributed by atoms with E-state index in [4.69, 9.17) is 5.11 Å². The van der Waals surface area contributed by atoms with Crippen LogP contribution >= 0.6 is 11.8 Å². The first-order valence-electron chi connectivity index (χ1n) is 3.05. The highest BCUT2D eigenvalue weighted by atomic mass is 32.2. The first-order chi connectivity index (χ1) is 4.25. The zero-order chi connectivity index (χ0) is 6.48. The lowest BCUT2D eigenvalue weighted by Crippen LogP contribution is -2.24. The molecule has 0 aromatic rings. The van der Waals surface area contributed by atoms with Crippen LogP contribution in [0.1, 0.15) is 6.42 Å². The fourth-order valence-corrected chi connectivity index (χ4v) is 2.75. The SMILES string of the molecule is O=C(O)C1CC12CSC2. The van der Waals surface area contributed by atoms with E-state index in [-0.39, 0.29) is 11.3 Å². The van der Waals surface area contributed by atoms with Gasteiger partial charge in [0.05, 0.1) is 5.92 Å². The summed E-state index contributed by atoms with van der Waals surface area (Å²) in [6, 6.07) is 0. The molecule has 1 atom stereocenters. The van der Waals surface area contributed by atoms with Gasteiger partial charge in [0.15, 0.2) is 0 Å². The molecule has 2 nitrogen and oxygen atoms in total. The monoisotopic (exact) mass is 144 g/mol. The molecule has 1 unspecified atom stereocenters. The number of aliphatic carboxylic acids is 1. The number of thioether (sulfide) groups is 1. The topological polar surface area (TPSA) is 37.3 Å². The molecule has 0 aromatic carbocycles. The summed E-state index contributed by atoms with van der Waals surface area (Å²) in [5, 5.41) is 8.54. The van der Waals surface area contributed by atoms with Crippen LogP contribution in [0.2, 0.25) is 0 Å². The number of hydrogen-bond donors (Lipinski definition) is 1. The van der Waals surface area contributed by atoms with E-state index in [2.05, 4.69) is 0 Å². The maximum absolute atomic E-state index is 10.4. The third kappa shape index (κ3) is 0.611. The summed E-state index contributed by atoms with van der Waals surface area (Å²) in [7, 11) is 0. The molecule has 2 rings (SSSR count). The van der Waals surface area contributed by atoms with E-state index in [1.165, 1.54) is 0 Å². The van der Waals surface area contributed by atoms with Crippen LogP contribution in [0.3, 0.4) is 0 Å². The molecule has 1 aliphatic carbocycles. The van der Waals surface area contributed by atoms with Crippen LogP contribution in [-0.2, 0) is 4.79 Å². The van der Waals surface area contributed by atoms with Crippen LogP contribution < -0.4 is 0 Å². The fourth-order valence-electron chi connectivity index (χ4n) is 1.38. The first kappa shape index (κ1) is 5.59. The number of rotatable bonds is 1. The molecule has 1 N–H and O–H groups in total. The molecule has 1 saturated carbocycles. The highest BCUT2D eigenvalue weighted by molar-refractivity contribution is 8.00. The summed E-state index contributed by atoms with van der Waals surface area (Å²) in [5.74, 6) is 1.60. The molecule has 0 bridgehead atoms. The molecule has 0 amide bonds. The van der Waals surface area contributed by atoms with Gasteiger partial charge in [-0.3, -0.25) is 4.79 Å². The Labute approximate surface area is 57.6 Å². The van der Waals surface area contributed by atoms with Gasteiger partial charge in [0.1, 0.15) is 0 Å². The summed E-state index contributed by atoms with van der Waals surface area (Å²) in [5.41, 5.74) is 0.274. The Morgan fingerprint density at radius 3 is 2.44 bits per heavy atom. The molecular formula is C6H8O2S. The van der Waals surface area contributed by atoms with Crippen molar-refractivity contribution in [3.05, 3.63) is 0 Å². The van der Waals surface area contributed by atoms with E-state index >= 15 is 0 Å². The molecule has 1 aliphatic heterocycles. The minimum atomic E-state index is -0.588. The Bertz CT molecular complexity index is 162. The summed E-state index contributed by atoms with van der Waals surface area (Å²) in [6.07, 6.45) is 0.940. The van der Waals surface area contributed by atoms with Gasteiger partial charge in [0.25, 0.3) is 0 Å². The van der Waals surface area contributed by atoms with Crippen molar-refractivity contribution < 1.29 is 9.90 Å². The molecule has 0 aromatic heterocycles. The van der Waals surface area contributed by atoms with E-state index in [1.54, 1.807) is 0 Å². The first-order valence-corrected chi connectivity index (χ1v) is 4.21. The van der Waals surface area contributed by atoms with Crippen LogP contribution in [0, 0.1) is 11.3 Å². The van der Waals surface area contributed by atoms with Crippen LogP contribution in [0.5, 0.6) is 0 Å². The summed E-state index contributed by atoms with van der Waals surface area (Å²) < 4.78 is 0. The Hall–Kier alpha value is -0.180. The zero-order valence-corrected chi connectivity index (χ0v) is 5.78. The molecule has 1 heterocycles. The number of hydrogen-bond acceptors (Lipinski definition) is 2. The molecule has 2 aliphatic rings. The molecule has 1 saturated heterocycles. The van der Waals surface area contributed by atoms with E-state index in [1.807, 2.05) is 11.8 Å². The van der Waals surface area contributed by atoms with E-state index in [9.17, 15) is 4.79 Å². The highest BCUT2D eigenvalue weighted by Crippen LogP contribution is 2.62. The number of carbonyl (C=O) groups is 1. The largest absolute Gasteiger partial charge is 0.481 e. The lowest BCUT2D eigenvalue weighted by molar-refractivity contribution is -0.139. The molecule has 0 radical (unpaired) electrons. The van der Waals surface area contributed by atoms with Crippen molar-refractivity contribution in [1.82, 2.24) is 0 Å². The lowest BCUT2D eigenvalue weighted by Gasteiger charge is -2.24. The second kappa shape index (κ2) is 1.45. The van der Waals surface area contributed by atoms with Gasteiger partial charge in [-0.25, -0.2) is 0 Å². The van der Waals surface area contributed by atoms with Crippen molar-refractivity contribution in [2.45, 2.75) is 6.42 Å². The molecule has 9 heavy (non-hydrogen) atoms. The molecule has 50 valence electrons. The van der Waals surface area contributed by atoms with Gasteiger partial charge in [-0.2, -0.15) is 11.8 Å². The van der Waals surface area contributed by atoms with Gasteiger partial charge < -0.3 is 5.11 Å². The lowest BCUT2D eigenvalue weighted by atomic mass is 10.1. The molecule has 3 heteroatoms. The van der Waals surface area contributed by atoms with Crippen molar-refractivity contribution in [2.24, 2.45) is 11.3 Å². The predicted octanol–water partition coefficient (Wildman–Crippen LogP) is 0.824. The number of carboxylic acids is 1. The van der Waals surface area contributed by atoms with Crippen LogP contribution in [-0.4, -0.2) is 22.6 Å². The van der Waals surface area contributed by atoms with Crippen molar-refractivity contribution in [2.75, 3.05) is 11.5 Å². The van der Waals surface area contributed by atoms with Gasteiger partial charge in [-0.1, -0.05) is 0 Å². The third-order valence-electron chi connectivity index (χ3n) is 2.27. The summed E-state index contributed by atoms with van der Waals surface area (Å²) >= 11 is 1.86. The minimum Gasteiger partial charge on any atom is -0.481 e. The summed E-state index contributed by atoms with van der Waals surface area (Å²) in [4.78, 5) is 10.4. The zero-order valence-electron chi connectivity index (χ0n) is 4.96. The van der Waals surface area contributed by atoms with Crippen molar-refractivity contribution in [3.8, 4) is 0 Å². The van der Waals surface area contributed by atoms with Crippen molar-refractivity contribution in [3.63, 3.8) is 0 Å². The quantitative estimate of drug-likeness (QED) is 0.592. The average molecular weight is 144 g/mol. The van der Waals surface area contributed by atoms with Gasteiger partial charge in [-0.05, 0) is 6.42 Å². The summed E-state index contributed by atoms with van der Waals surface area (Å²) in [6.45, 7) is 0. The van der Waals surface area contributed by atoms with Crippen molar-refractivity contribution in [1.29, 1.82) is 0 Å². The fraction of sp³-hybridized carbons (Fsp3) is 0.833. The van der Waals surface area contributed by atoms with Gasteiger partial charge >= 0.3 is 5.97 Å². The normalized spacial score (nSPS) is 35.8. The second-order valence-electron chi connectivity index (χ2n) is 2.95. The van der Waals surface area contributed by atoms with Gasteiger partial charge in [0.2, 0.25) is 0 Å². The van der Waals surface area contributed by atoms with Crippen molar-refractivity contribution >= 4 is 17.7 Å². The molecular weight excluding hydrogens is 136 g/mol. The van der Waals surface area contributed by atoms with Gasteiger partial charge in [0, 0.05) is 16.9 Å². The maximum Gasteiger partial charge on any atom is 0.307 e. The standard InChI is InChI=1S/C6H8O2S/c7-5(8)4-1-6(4)2-9-3-6/h4H,1-3H2,(H,7,8). The van der Waals surface area contributed by atoms with Crippen LogP contribution in [0.25, 0.3) is 0 Å². The predicted molar refractivity (Wildman–Crippen MR) is 35.5 cm³/mol. The maximum atomic E-state index is 10.4. The van der Waals surface area contributed by atoms with E-state index in [0.717, 1.165) is 17.9 Å². The Balaban J connectivity index is 2.01. The van der Waals surface area contributed by atoms with Gasteiger partial charge in [-0.15, -0.1) is 0 Å². The number of carboxylic acid groups (broad SMARTS) is 1. The average Bonchev–Trinajstić information content (AvgIpc) is 2.34. The Morgan fingerprint density at radius 1 is 1.67 bits per heavy atom. The molecule has 2 fully saturated rings. The molecule has 1 spiro atoms. The third-order valence-corrected chi connectivity index (χ3v) is 3.82. The van der Waals surface area contributed by atoms with E-state index in [0.29, 0.717) is 0 Å². The second-order valence-corrected chi connectivity index (χ2v) is 3.94. The van der Waals surface area contributed by atoms with Crippen LogP contribution in [0.15, 0.2) is 0 Å². The Kier molecular flexibility index (Phi) is 0.903. The minimum absolute atomic E-state index is 0.0127. The highest BCUT2D eigenvalue weighted by Gasteiger charge is 2.62.